The first-order valence-corrected chi connectivity index (χ1v) is 6.34. The summed E-state index contributed by atoms with van der Waals surface area (Å²) in [6.45, 7) is 5.73. The number of unbranched alkanes of at least 4 members (excludes halogenated alkanes) is 1. The molecular weight excluding hydrogens is 218 g/mol. The summed E-state index contributed by atoms with van der Waals surface area (Å²) in [6.07, 6.45) is 4.57. The van der Waals surface area contributed by atoms with Crippen LogP contribution in [0.25, 0.3) is 0 Å². The minimum atomic E-state index is -0.478. The molecule has 0 spiro atoms. The maximum Gasteiger partial charge on any atom is 0.320 e. The molecule has 0 bridgehead atoms. The Bertz CT molecular complexity index is 235. The van der Waals surface area contributed by atoms with E-state index in [1.807, 2.05) is 0 Å². The fourth-order valence-electron chi connectivity index (χ4n) is 1.48. The van der Waals surface area contributed by atoms with Crippen molar-refractivity contribution in [1.29, 1.82) is 5.26 Å². The average molecular weight is 241 g/mol. The van der Waals surface area contributed by atoms with Crippen LogP contribution in [0.4, 0.5) is 0 Å². The van der Waals surface area contributed by atoms with Crippen molar-refractivity contribution in [3.05, 3.63) is 0 Å². The standard InChI is InChI=1S/C13H23NO3/c1-3-5-6-12(4-2)11-16-9-10-17-13(15)7-8-14/h12H,3-7,9-11H2,1-2H3. The molecule has 0 aliphatic carbocycles. The summed E-state index contributed by atoms with van der Waals surface area (Å²) >= 11 is 0. The van der Waals surface area contributed by atoms with Gasteiger partial charge in [-0.1, -0.05) is 33.1 Å². The van der Waals surface area contributed by atoms with E-state index < -0.39 is 5.97 Å². The molecule has 1 unspecified atom stereocenters. The molecule has 0 N–H and O–H groups in total. The van der Waals surface area contributed by atoms with Gasteiger partial charge < -0.3 is 9.47 Å². The molecule has 4 heteroatoms. The monoisotopic (exact) mass is 241 g/mol. The van der Waals surface area contributed by atoms with Gasteiger partial charge in [0.15, 0.2) is 0 Å². The molecule has 1 atom stereocenters. The molecule has 0 rings (SSSR count). The Morgan fingerprint density at radius 1 is 1.35 bits per heavy atom. The predicted octanol–water partition coefficient (Wildman–Crippen LogP) is 2.68. The number of carbonyl (C=O) groups is 1. The van der Waals surface area contributed by atoms with Gasteiger partial charge in [-0.2, -0.15) is 5.26 Å². The van der Waals surface area contributed by atoms with Gasteiger partial charge in [0.05, 0.1) is 12.7 Å². The summed E-state index contributed by atoms with van der Waals surface area (Å²) in [4.78, 5) is 10.8. The molecule has 4 nitrogen and oxygen atoms in total. The maximum atomic E-state index is 10.8. The van der Waals surface area contributed by atoms with Crippen molar-refractivity contribution >= 4 is 5.97 Å². The molecule has 0 heterocycles. The van der Waals surface area contributed by atoms with Crippen LogP contribution in [0.1, 0.15) is 46.0 Å². The van der Waals surface area contributed by atoms with E-state index in [0.29, 0.717) is 12.5 Å². The Labute approximate surface area is 104 Å². The van der Waals surface area contributed by atoms with E-state index in [1.165, 1.54) is 19.3 Å². The quantitative estimate of drug-likeness (QED) is 0.436. The fraction of sp³-hybridized carbons (Fsp3) is 0.846. The van der Waals surface area contributed by atoms with Crippen LogP contribution < -0.4 is 0 Å². The minimum Gasteiger partial charge on any atom is -0.462 e. The highest BCUT2D eigenvalue weighted by Crippen LogP contribution is 2.12. The third-order valence-electron chi connectivity index (χ3n) is 2.61. The predicted molar refractivity (Wildman–Crippen MR) is 65.3 cm³/mol. The van der Waals surface area contributed by atoms with Crippen LogP contribution in [0, 0.1) is 17.2 Å². The zero-order valence-electron chi connectivity index (χ0n) is 10.9. The third kappa shape index (κ3) is 9.83. The fourth-order valence-corrected chi connectivity index (χ4v) is 1.48. The van der Waals surface area contributed by atoms with E-state index >= 15 is 0 Å². The van der Waals surface area contributed by atoms with Gasteiger partial charge in [-0.15, -0.1) is 0 Å². The van der Waals surface area contributed by atoms with Crippen LogP contribution in [-0.2, 0) is 14.3 Å². The molecule has 0 aromatic carbocycles. The topological polar surface area (TPSA) is 59.3 Å². The molecule has 0 aliphatic heterocycles. The van der Waals surface area contributed by atoms with Crippen molar-refractivity contribution in [1.82, 2.24) is 0 Å². The highest BCUT2D eigenvalue weighted by atomic mass is 16.6. The van der Waals surface area contributed by atoms with Gasteiger partial charge >= 0.3 is 5.97 Å². The lowest BCUT2D eigenvalue weighted by molar-refractivity contribution is -0.144. The van der Waals surface area contributed by atoms with E-state index in [9.17, 15) is 4.79 Å². The first-order valence-electron chi connectivity index (χ1n) is 6.34. The number of rotatable bonds is 10. The number of esters is 1. The number of hydrogen-bond acceptors (Lipinski definition) is 4. The number of ether oxygens (including phenoxy) is 2. The molecule has 0 aromatic heterocycles. The van der Waals surface area contributed by atoms with Gasteiger partial charge in [0.1, 0.15) is 13.0 Å². The molecule has 0 aromatic rings. The molecule has 17 heavy (non-hydrogen) atoms. The van der Waals surface area contributed by atoms with Gasteiger partial charge in [0, 0.05) is 6.61 Å². The maximum absolute atomic E-state index is 10.8. The Morgan fingerprint density at radius 2 is 2.12 bits per heavy atom. The van der Waals surface area contributed by atoms with Crippen LogP contribution >= 0.6 is 0 Å². The van der Waals surface area contributed by atoms with E-state index in [1.54, 1.807) is 6.07 Å². The van der Waals surface area contributed by atoms with Crippen LogP contribution in [0.15, 0.2) is 0 Å². The second-order valence-corrected chi connectivity index (χ2v) is 4.05. The summed E-state index contributed by atoms with van der Waals surface area (Å²) in [7, 11) is 0. The Kier molecular flexibility index (Phi) is 10.7. The summed E-state index contributed by atoms with van der Waals surface area (Å²) in [5, 5.41) is 8.24. The molecular formula is C13H23NO3. The van der Waals surface area contributed by atoms with Crippen LogP contribution in [-0.4, -0.2) is 25.8 Å². The summed E-state index contributed by atoms with van der Waals surface area (Å²) in [6, 6.07) is 1.74. The van der Waals surface area contributed by atoms with Gasteiger partial charge in [-0.25, -0.2) is 0 Å². The first-order chi connectivity index (χ1) is 8.24. The van der Waals surface area contributed by atoms with E-state index in [0.717, 1.165) is 13.0 Å². The van der Waals surface area contributed by atoms with Crippen molar-refractivity contribution in [2.75, 3.05) is 19.8 Å². The average Bonchev–Trinajstić information content (AvgIpc) is 2.33. The number of hydrogen-bond donors (Lipinski definition) is 0. The smallest absolute Gasteiger partial charge is 0.320 e. The zero-order chi connectivity index (χ0) is 12.9. The van der Waals surface area contributed by atoms with Crippen molar-refractivity contribution < 1.29 is 14.3 Å². The summed E-state index contributed by atoms with van der Waals surface area (Å²) in [5.74, 6) is 0.124. The largest absolute Gasteiger partial charge is 0.462 e. The number of carbonyl (C=O) groups excluding carboxylic acids is 1. The highest BCUT2D eigenvalue weighted by molar-refractivity contribution is 5.71. The van der Waals surface area contributed by atoms with E-state index in [2.05, 4.69) is 13.8 Å². The SMILES string of the molecule is CCCCC(CC)COCCOC(=O)CC#N. The van der Waals surface area contributed by atoms with Crippen LogP contribution in [0.2, 0.25) is 0 Å². The van der Waals surface area contributed by atoms with Crippen LogP contribution in [0.5, 0.6) is 0 Å². The molecule has 0 fully saturated rings. The highest BCUT2D eigenvalue weighted by Gasteiger charge is 2.06. The Balaban J connectivity index is 3.42. The number of nitrogens with zero attached hydrogens (tertiary/aromatic N) is 1. The van der Waals surface area contributed by atoms with Crippen molar-refractivity contribution in [3.63, 3.8) is 0 Å². The normalized spacial score (nSPS) is 11.8. The Hall–Kier alpha value is -1.08. The lowest BCUT2D eigenvalue weighted by Gasteiger charge is -2.14. The van der Waals surface area contributed by atoms with Crippen molar-refractivity contribution in [2.24, 2.45) is 5.92 Å². The van der Waals surface area contributed by atoms with Gasteiger partial charge in [-0.05, 0) is 12.3 Å². The van der Waals surface area contributed by atoms with Gasteiger partial charge in [0.25, 0.3) is 0 Å². The Morgan fingerprint density at radius 3 is 2.71 bits per heavy atom. The number of nitriles is 1. The molecule has 98 valence electrons. The molecule has 0 amide bonds. The molecule has 0 aliphatic rings. The summed E-state index contributed by atoms with van der Waals surface area (Å²) in [5.41, 5.74) is 0. The van der Waals surface area contributed by atoms with Gasteiger partial charge in [0.2, 0.25) is 0 Å². The zero-order valence-corrected chi connectivity index (χ0v) is 10.9. The lowest BCUT2D eigenvalue weighted by atomic mass is 10.0. The molecule has 0 radical (unpaired) electrons. The second kappa shape index (κ2) is 11.4. The second-order valence-electron chi connectivity index (χ2n) is 4.05. The van der Waals surface area contributed by atoms with E-state index in [4.69, 9.17) is 14.7 Å². The first kappa shape index (κ1) is 15.9. The van der Waals surface area contributed by atoms with Crippen molar-refractivity contribution in [2.45, 2.75) is 46.0 Å². The lowest BCUT2D eigenvalue weighted by Crippen LogP contribution is -2.14. The molecule has 0 saturated heterocycles. The van der Waals surface area contributed by atoms with Crippen LogP contribution in [0.3, 0.4) is 0 Å². The van der Waals surface area contributed by atoms with Gasteiger partial charge in [-0.3, -0.25) is 4.79 Å². The third-order valence-corrected chi connectivity index (χ3v) is 2.61. The minimum absolute atomic E-state index is 0.186. The van der Waals surface area contributed by atoms with Crippen molar-refractivity contribution in [3.8, 4) is 6.07 Å². The molecule has 0 saturated carbocycles. The van der Waals surface area contributed by atoms with E-state index in [-0.39, 0.29) is 13.0 Å². The summed E-state index contributed by atoms with van der Waals surface area (Å²) < 4.78 is 10.2.